The molecular weight excluding hydrogens is 451 g/mol. The summed E-state index contributed by atoms with van der Waals surface area (Å²) in [5.41, 5.74) is 1.88. The summed E-state index contributed by atoms with van der Waals surface area (Å²) in [6.07, 6.45) is 0. The lowest BCUT2D eigenvalue weighted by Crippen LogP contribution is -2.21. The number of likely N-dealkylation sites (tertiary alicyclic amines) is 1. The monoisotopic (exact) mass is 485 g/mol. The van der Waals surface area contributed by atoms with Gasteiger partial charge in [0.05, 0.1) is 16.7 Å². The van der Waals surface area contributed by atoms with Crippen LogP contribution < -0.4 is 0 Å². The van der Waals surface area contributed by atoms with Crippen molar-refractivity contribution in [3.05, 3.63) is 69.2 Å². The van der Waals surface area contributed by atoms with E-state index in [1.807, 2.05) is 26.8 Å². The first-order chi connectivity index (χ1) is 14.8. The van der Waals surface area contributed by atoms with Gasteiger partial charge in [-0.05, 0) is 59.7 Å². The molecule has 0 bridgehead atoms. The van der Waals surface area contributed by atoms with E-state index >= 15 is 0 Å². The van der Waals surface area contributed by atoms with Crippen molar-refractivity contribution >= 4 is 23.2 Å². The van der Waals surface area contributed by atoms with Crippen molar-refractivity contribution in [1.82, 2.24) is 4.90 Å². The van der Waals surface area contributed by atoms with Crippen LogP contribution in [0.15, 0.2) is 36.4 Å². The van der Waals surface area contributed by atoms with Gasteiger partial charge in [-0.15, -0.1) is 0 Å². The summed E-state index contributed by atoms with van der Waals surface area (Å²) in [7, 11) is 2.13. The lowest BCUT2D eigenvalue weighted by atomic mass is 9.77. The van der Waals surface area contributed by atoms with Crippen molar-refractivity contribution < 1.29 is 13.9 Å². The summed E-state index contributed by atoms with van der Waals surface area (Å²) in [5.74, 6) is 0.874. The van der Waals surface area contributed by atoms with E-state index in [4.69, 9.17) is 23.2 Å². The highest BCUT2D eigenvalue weighted by Gasteiger charge is 2.34. The van der Waals surface area contributed by atoms with Crippen molar-refractivity contribution in [3.8, 4) is 0 Å². The Morgan fingerprint density at radius 3 is 2.16 bits per heavy atom. The summed E-state index contributed by atoms with van der Waals surface area (Å²) < 4.78 is 26.5. The Balaban J connectivity index is 0.000000229. The number of benzene rings is 2. The molecule has 0 saturated carbocycles. The number of nitrogens with zero attached hydrogens (tertiary/aromatic N) is 1. The molecule has 6 heteroatoms. The van der Waals surface area contributed by atoms with Crippen molar-refractivity contribution in [3.63, 3.8) is 0 Å². The number of aliphatic hydroxyl groups excluding tert-OH is 1. The van der Waals surface area contributed by atoms with Crippen LogP contribution in [0.3, 0.4) is 0 Å². The zero-order valence-corrected chi connectivity index (χ0v) is 21.3. The highest BCUT2D eigenvalue weighted by molar-refractivity contribution is 6.31. The zero-order valence-electron chi connectivity index (χ0n) is 19.8. The number of hydrogen-bond donors (Lipinski definition) is 1. The van der Waals surface area contributed by atoms with Gasteiger partial charge in [-0.1, -0.05) is 70.0 Å². The first-order valence-electron chi connectivity index (χ1n) is 11.0. The lowest BCUT2D eigenvalue weighted by Gasteiger charge is -2.29. The number of halogens is 4. The minimum atomic E-state index is -0.425. The largest absolute Gasteiger partial charge is 0.396 e. The fraction of sp³-hybridized carbons (Fsp3) is 0.538. The third kappa shape index (κ3) is 6.90. The maximum Gasteiger partial charge on any atom is 0.142 e. The summed E-state index contributed by atoms with van der Waals surface area (Å²) in [5, 5.41) is 9.65. The number of rotatable bonds is 4. The highest BCUT2D eigenvalue weighted by atomic mass is 35.5. The normalized spacial score (nSPS) is 20.2. The molecule has 1 saturated heterocycles. The molecule has 0 unspecified atom stereocenters. The van der Waals surface area contributed by atoms with Gasteiger partial charge in [0.15, 0.2) is 0 Å². The van der Waals surface area contributed by atoms with Gasteiger partial charge in [0.25, 0.3) is 0 Å². The minimum Gasteiger partial charge on any atom is -0.396 e. The molecule has 0 radical (unpaired) electrons. The third-order valence-corrected chi connectivity index (χ3v) is 6.95. The molecule has 2 aromatic rings. The van der Waals surface area contributed by atoms with Crippen LogP contribution in [0, 0.1) is 28.9 Å². The zero-order chi connectivity index (χ0) is 24.2. The Morgan fingerprint density at radius 2 is 1.66 bits per heavy atom. The Kier molecular flexibility index (Phi) is 9.54. The predicted octanol–water partition coefficient (Wildman–Crippen LogP) is 7.38. The Hall–Kier alpha value is -1.20. The SMILES string of the molecule is CC(C)(C)[C@H](CO)c1ccc(F)c(Cl)c1.CC(C)[C@@H]1CN(C)C[C@H]1c1ccc(Cl)c(F)c1. The van der Waals surface area contributed by atoms with E-state index in [2.05, 4.69) is 25.8 Å². The molecule has 0 aliphatic carbocycles. The quantitative estimate of drug-likeness (QED) is 0.487. The van der Waals surface area contributed by atoms with E-state index in [0.717, 1.165) is 24.2 Å². The van der Waals surface area contributed by atoms with Gasteiger partial charge >= 0.3 is 0 Å². The van der Waals surface area contributed by atoms with Crippen LogP contribution in [0.2, 0.25) is 10.0 Å². The summed E-state index contributed by atoms with van der Waals surface area (Å²) in [4.78, 5) is 2.32. The average Bonchev–Trinajstić information content (AvgIpc) is 3.09. The molecule has 2 nitrogen and oxygen atoms in total. The molecule has 0 aromatic heterocycles. The number of likely N-dealkylation sites (N-methyl/N-ethyl adjacent to an activating group) is 1. The molecule has 2 aromatic carbocycles. The molecule has 32 heavy (non-hydrogen) atoms. The topological polar surface area (TPSA) is 23.5 Å². The second-order valence-electron chi connectivity index (χ2n) is 10.2. The van der Waals surface area contributed by atoms with Crippen LogP contribution in [-0.4, -0.2) is 36.8 Å². The Morgan fingerprint density at radius 1 is 1.00 bits per heavy atom. The van der Waals surface area contributed by atoms with Gasteiger partial charge in [0.2, 0.25) is 0 Å². The van der Waals surface area contributed by atoms with Crippen LogP contribution in [0.4, 0.5) is 8.78 Å². The molecular formula is C26H35Cl2F2NO. The van der Waals surface area contributed by atoms with E-state index in [1.54, 1.807) is 24.3 Å². The van der Waals surface area contributed by atoms with Crippen molar-refractivity contribution in [1.29, 1.82) is 0 Å². The third-order valence-electron chi connectivity index (χ3n) is 6.35. The van der Waals surface area contributed by atoms with E-state index in [-0.39, 0.29) is 33.8 Å². The van der Waals surface area contributed by atoms with E-state index in [0.29, 0.717) is 17.8 Å². The molecule has 0 spiro atoms. The molecule has 1 aliphatic rings. The van der Waals surface area contributed by atoms with Gasteiger partial charge in [0, 0.05) is 24.9 Å². The molecule has 1 fully saturated rings. The smallest absolute Gasteiger partial charge is 0.142 e. The van der Waals surface area contributed by atoms with Gasteiger partial charge < -0.3 is 10.0 Å². The van der Waals surface area contributed by atoms with Gasteiger partial charge in [-0.2, -0.15) is 0 Å². The van der Waals surface area contributed by atoms with Crippen LogP contribution in [0.5, 0.6) is 0 Å². The van der Waals surface area contributed by atoms with E-state index in [9.17, 15) is 13.9 Å². The second-order valence-corrected chi connectivity index (χ2v) is 11.0. The lowest BCUT2D eigenvalue weighted by molar-refractivity contribution is 0.186. The standard InChI is InChI=1S/C14H19ClFN.C12H16ClFO/c1-9(2)11-7-17(3)8-12(11)10-4-5-13(15)14(16)6-10;1-12(2,3)9(7-15)8-4-5-11(14)10(13)6-8/h4-6,9,11-12H,7-8H2,1-3H3;4-6,9,15H,7H2,1-3H3/t11-,12-;9-/m01/s1. The number of hydrogen-bond acceptors (Lipinski definition) is 2. The summed E-state index contributed by atoms with van der Waals surface area (Å²) in [6.45, 7) is 12.7. The molecule has 1 heterocycles. The van der Waals surface area contributed by atoms with Gasteiger partial charge in [-0.3, -0.25) is 0 Å². The van der Waals surface area contributed by atoms with Crippen LogP contribution in [0.1, 0.15) is 57.6 Å². The van der Waals surface area contributed by atoms with Crippen LogP contribution in [0.25, 0.3) is 0 Å². The first-order valence-corrected chi connectivity index (χ1v) is 11.8. The molecule has 3 rings (SSSR count). The summed E-state index contributed by atoms with van der Waals surface area (Å²) >= 11 is 11.4. The molecule has 1 N–H and O–H groups in total. The van der Waals surface area contributed by atoms with Crippen LogP contribution >= 0.6 is 23.2 Å². The Labute approximate surface area is 201 Å². The fourth-order valence-electron chi connectivity index (χ4n) is 4.41. The summed E-state index contributed by atoms with van der Waals surface area (Å²) in [6, 6.07) is 9.83. The maximum atomic E-state index is 13.5. The minimum absolute atomic E-state index is 0.0319. The first kappa shape index (κ1) is 27.0. The van der Waals surface area contributed by atoms with E-state index < -0.39 is 5.82 Å². The highest BCUT2D eigenvalue weighted by Crippen LogP contribution is 2.37. The fourth-order valence-corrected chi connectivity index (χ4v) is 4.72. The van der Waals surface area contributed by atoms with Crippen molar-refractivity contribution in [2.45, 2.75) is 46.5 Å². The predicted molar refractivity (Wildman–Crippen MR) is 131 cm³/mol. The molecule has 0 amide bonds. The maximum absolute atomic E-state index is 13.5. The molecule has 1 aliphatic heterocycles. The van der Waals surface area contributed by atoms with Gasteiger partial charge in [-0.25, -0.2) is 8.78 Å². The second kappa shape index (κ2) is 11.3. The molecule has 3 atom stereocenters. The average molecular weight is 486 g/mol. The van der Waals surface area contributed by atoms with Gasteiger partial charge in [0.1, 0.15) is 11.6 Å². The van der Waals surface area contributed by atoms with Crippen molar-refractivity contribution in [2.75, 3.05) is 26.7 Å². The Bertz CT molecular complexity index is 898. The van der Waals surface area contributed by atoms with Crippen LogP contribution in [-0.2, 0) is 0 Å². The van der Waals surface area contributed by atoms with E-state index in [1.165, 1.54) is 6.07 Å². The van der Waals surface area contributed by atoms with Crippen molar-refractivity contribution in [2.24, 2.45) is 17.3 Å². The number of aliphatic hydroxyl groups is 1. The molecule has 178 valence electrons.